The summed E-state index contributed by atoms with van der Waals surface area (Å²) in [7, 11) is 1.63. The van der Waals surface area contributed by atoms with E-state index in [2.05, 4.69) is 15.4 Å². The molecule has 1 unspecified atom stereocenters. The second kappa shape index (κ2) is 6.24. The van der Waals surface area contributed by atoms with Crippen LogP contribution in [0.15, 0.2) is 6.33 Å². The molecule has 0 aliphatic carbocycles. The van der Waals surface area contributed by atoms with Gasteiger partial charge in [-0.1, -0.05) is 6.92 Å². The fourth-order valence-electron chi connectivity index (χ4n) is 1.40. The Balaban J connectivity index is 2.86. The van der Waals surface area contributed by atoms with Crippen molar-refractivity contribution in [3.8, 4) is 5.88 Å². The molecule has 0 saturated carbocycles. The third-order valence-electron chi connectivity index (χ3n) is 2.11. The number of methoxy groups -OCH3 is 1. The fraction of sp³-hybridized carbons (Fsp3) is 0.600. The van der Waals surface area contributed by atoms with E-state index in [0.717, 1.165) is 12.0 Å². The Kier molecular flexibility index (Phi) is 4.94. The van der Waals surface area contributed by atoms with Crippen molar-refractivity contribution in [2.75, 3.05) is 19.1 Å². The molecule has 6 heteroatoms. The molecule has 0 aromatic carbocycles. The number of nitrogens with zero attached hydrogens (tertiary/aromatic N) is 2. The summed E-state index contributed by atoms with van der Waals surface area (Å²) in [5, 5.41) is 0. The summed E-state index contributed by atoms with van der Waals surface area (Å²) in [5.74, 6) is 6.51. The maximum Gasteiger partial charge on any atom is 0.222 e. The van der Waals surface area contributed by atoms with Crippen LogP contribution in [0.3, 0.4) is 0 Å². The highest BCUT2D eigenvalue weighted by atomic mass is 16.5. The summed E-state index contributed by atoms with van der Waals surface area (Å²) < 4.78 is 10.6. The number of nitrogens with one attached hydrogen (secondary N) is 1. The van der Waals surface area contributed by atoms with Crippen LogP contribution in [0.4, 0.5) is 5.82 Å². The first-order valence-electron chi connectivity index (χ1n) is 5.19. The minimum absolute atomic E-state index is 0.0594. The zero-order chi connectivity index (χ0) is 12.0. The molecule has 0 saturated heterocycles. The van der Waals surface area contributed by atoms with Gasteiger partial charge in [-0.2, -0.15) is 0 Å². The molecule has 0 amide bonds. The highest BCUT2D eigenvalue weighted by Gasteiger charge is 2.12. The summed E-state index contributed by atoms with van der Waals surface area (Å²) in [6.07, 6.45) is 2.11. The normalized spacial score (nSPS) is 12.2. The molecule has 90 valence electrons. The molecular formula is C10H18N4O2. The van der Waals surface area contributed by atoms with Crippen LogP contribution in [0.25, 0.3) is 0 Å². The van der Waals surface area contributed by atoms with E-state index in [4.69, 9.17) is 15.3 Å². The van der Waals surface area contributed by atoms with E-state index in [-0.39, 0.29) is 6.10 Å². The molecule has 6 nitrogen and oxygen atoms in total. The number of hydrogen-bond acceptors (Lipinski definition) is 6. The Morgan fingerprint density at radius 1 is 1.50 bits per heavy atom. The number of aromatic nitrogens is 2. The average Bonchev–Trinajstić information content (AvgIpc) is 2.29. The van der Waals surface area contributed by atoms with Crippen molar-refractivity contribution in [3.63, 3.8) is 0 Å². The summed E-state index contributed by atoms with van der Waals surface area (Å²) in [6, 6.07) is 0. The lowest BCUT2D eigenvalue weighted by Gasteiger charge is -2.16. The predicted molar refractivity (Wildman–Crippen MR) is 61.2 cm³/mol. The highest BCUT2D eigenvalue weighted by Crippen LogP contribution is 2.22. The number of ether oxygens (including phenoxy) is 2. The van der Waals surface area contributed by atoms with Gasteiger partial charge in [0, 0.05) is 7.11 Å². The van der Waals surface area contributed by atoms with Crippen molar-refractivity contribution in [2.24, 2.45) is 5.84 Å². The molecule has 3 N–H and O–H groups in total. The number of hydrogen-bond donors (Lipinski definition) is 2. The largest absolute Gasteiger partial charge is 0.472 e. The first-order valence-corrected chi connectivity index (χ1v) is 5.19. The molecule has 0 aliphatic rings. The van der Waals surface area contributed by atoms with Crippen molar-refractivity contribution < 1.29 is 9.47 Å². The van der Waals surface area contributed by atoms with Crippen molar-refractivity contribution in [1.82, 2.24) is 9.97 Å². The van der Waals surface area contributed by atoms with Gasteiger partial charge < -0.3 is 14.9 Å². The summed E-state index contributed by atoms with van der Waals surface area (Å²) in [5.41, 5.74) is 3.40. The standard InChI is InChI=1S/C10H18N4O2/c1-4-8-9(14-11)12-6-13-10(8)16-7(2)5-15-3/h6-7H,4-5,11H2,1-3H3,(H,12,13,14). The monoisotopic (exact) mass is 226 g/mol. The maximum absolute atomic E-state index is 5.65. The second-order valence-electron chi connectivity index (χ2n) is 3.39. The Hall–Kier alpha value is -1.40. The van der Waals surface area contributed by atoms with Gasteiger partial charge in [-0.25, -0.2) is 15.8 Å². The lowest BCUT2D eigenvalue weighted by atomic mass is 10.2. The molecule has 1 aromatic heterocycles. The van der Waals surface area contributed by atoms with Crippen LogP contribution in [-0.2, 0) is 11.2 Å². The number of rotatable bonds is 6. The Morgan fingerprint density at radius 3 is 2.81 bits per heavy atom. The minimum atomic E-state index is -0.0594. The van der Waals surface area contributed by atoms with Gasteiger partial charge in [0.2, 0.25) is 5.88 Å². The van der Waals surface area contributed by atoms with E-state index in [1.165, 1.54) is 6.33 Å². The first-order chi connectivity index (χ1) is 7.72. The Labute approximate surface area is 95.1 Å². The van der Waals surface area contributed by atoms with Crippen molar-refractivity contribution in [2.45, 2.75) is 26.4 Å². The van der Waals surface area contributed by atoms with Crippen LogP contribution in [0.5, 0.6) is 5.88 Å². The molecule has 0 fully saturated rings. The van der Waals surface area contributed by atoms with E-state index in [1.807, 2.05) is 13.8 Å². The SMILES string of the molecule is CCc1c(NN)ncnc1OC(C)COC. The molecule has 1 atom stereocenters. The smallest absolute Gasteiger partial charge is 0.222 e. The summed E-state index contributed by atoms with van der Waals surface area (Å²) in [6.45, 7) is 4.42. The van der Waals surface area contributed by atoms with Gasteiger partial charge in [0.05, 0.1) is 12.2 Å². The van der Waals surface area contributed by atoms with Gasteiger partial charge >= 0.3 is 0 Å². The molecule has 0 spiro atoms. The molecule has 0 bridgehead atoms. The first kappa shape index (κ1) is 12.7. The summed E-state index contributed by atoms with van der Waals surface area (Å²) in [4.78, 5) is 8.12. The molecule has 1 heterocycles. The number of hydrazine groups is 1. The van der Waals surface area contributed by atoms with Crippen molar-refractivity contribution in [3.05, 3.63) is 11.9 Å². The Morgan fingerprint density at radius 2 is 2.25 bits per heavy atom. The van der Waals surface area contributed by atoms with E-state index in [1.54, 1.807) is 7.11 Å². The number of nitrogen functional groups attached to an aromatic ring is 1. The highest BCUT2D eigenvalue weighted by molar-refractivity contribution is 5.47. The van der Waals surface area contributed by atoms with Crippen LogP contribution in [0.2, 0.25) is 0 Å². The van der Waals surface area contributed by atoms with Gasteiger partial charge in [-0.05, 0) is 13.3 Å². The zero-order valence-electron chi connectivity index (χ0n) is 9.86. The third kappa shape index (κ3) is 3.04. The average molecular weight is 226 g/mol. The molecule has 0 aliphatic heterocycles. The van der Waals surface area contributed by atoms with Gasteiger partial charge in [0.25, 0.3) is 0 Å². The van der Waals surface area contributed by atoms with Crippen LogP contribution < -0.4 is 16.0 Å². The fourth-order valence-corrected chi connectivity index (χ4v) is 1.40. The van der Waals surface area contributed by atoms with E-state index < -0.39 is 0 Å². The van der Waals surface area contributed by atoms with Crippen molar-refractivity contribution in [1.29, 1.82) is 0 Å². The second-order valence-corrected chi connectivity index (χ2v) is 3.39. The van der Waals surface area contributed by atoms with E-state index >= 15 is 0 Å². The summed E-state index contributed by atoms with van der Waals surface area (Å²) >= 11 is 0. The minimum Gasteiger partial charge on any atom is -0.472 e. The Bertz CT molecular complexity index is 333. The third-order valence-corrected chi connectivity index (χ3v) is 2.11. The number of anilines is 1. The molecule has 1 aromatic rings. The molecule has 16 heavy (non-hydrogen) atoms. The van der Waals surface area contributed by atoms with Crippen LogP contribution >= 0.6 is 0 Å². The quantitative estimate of drug-likeness (QED) is 0.550. The topological polar surface area (TPSA) is 82.3 Å². The molecule has 1 rings (SSSR count). The number of nitrogens with two attached hydrogens (primary N) is 1. The molecular weight excluding hydrogens is 208 g/mol. The molecule has 0 radical (unpaired) electrons. The maximum atomic E-state index is 5.65. The lowest BCUT2D eigenvalue weighted by molar-refractivity contribution is 0.0882. The van der Waals surface area contributed by atoms with Gasteiger partial charge in [-0.15, -0.1) is 0 Å². The van der Waals surface area contributed by atoms with Crippen LogP contribution in [0, 0.1) is 0 Å². The van der Waals surface area contributed by atoms with E-state index in [9.17, 15) is 0 Å². The van der Waals surface area contributed by atoms with Gasteiger partial charge in [0.1, 0.15) is 18.2 Å². The van der Waals surface area contributed by atoms with Crippen LogP contribution in [0.1, 0.15) is 19.4 Å². The predicted octanol–water partition coefficient (Wildman–Crippen LogP) is 0.738. The van der Waals surface area contributed by atoms with Crippen LogP contribution in [-0.4, -0.2) is 29.8 Å². The zero-order valence-corrected chi connectivity index (χ0v) is 9.86. The lowest BCUT2D eigenvalue weighted by Crippen LogP contribution is -2.20. The van der Waals surface area contributed by atoms with E-state index in [0.29, 0.717) is 18.3 Å². The van der Waals surface area contributed by atoms with Crippen molar-refractivity contribution >= 4 is 5.82 Å². The van der Waals surface area contributed by atoms with Gasteiger partial charge in [0.15, 0.2) is 0 Å². The van der Waals surface area contributed by atoms with Gasteiger partial charge in [-0.3, -0.25) is 0 Å².